The smallest absolute Gasteiger partial charge is 0.264 e. The van der Waals surface area contributed by atoms with Crippen molar-refractivity contribution in [1.29, 1.82) is 0 Å². The Balaban J connectivity index is 1.78. The minimum atomic E-state index is -4.12. The molecule has 1 atom stereocenters. The van der Waals surface area contributed by atoms with Crippen molar-refractivity contribution >= 4 is 66.0 Å². The second-order valence-electron chi connectivity index (χ2n) is 10.3. The van der Waals surface area contributed by atoms with Gasteiger partial charge in [0.2, 0.25) is 11.8 Å². The van der Waals surface area contributed by atoms with E-state index >= 15 is 0 Å². The highest BCUT2D eigenvalue weighted by Gasteiger charge is 2.34. The second kappa shape index (κ2) is 16.2. The lowest BCUT2D eigenvalue weighted by Crippen LogP contribution is -2.53. The Labute approximate surface area is 282 Å². The number of benzene rings is 4. The van der Waals surface area contributed by atoms with Crippen molar-refractivity contribution in [1.82, 2.24) is 10.2 Å². The van der Waals surface area contributed by atoms with Crippen LogP contribution >= 0.6 is 38.5 Å². The quantitative estimate of drug-likeness (QED) is 0.113. The van der Waals surface area contributed by atoms with Crippen LogP contribution in [0.4, 0.5) is 5.69 Å². The van der Waals surface area contributed by atoms with E-state index in [0.29, 0.717) is 12.2 Å². The van der Waals surface area contributed by atoms with Crippen molar-refractivity contribution in [2.45, 2.75) is 43.7 Å². The van der Waals surface area contributed by atoms with Crippen LogP contribution in [0.3, 0.4) is 0 Å². The molecule has 0 unspecified atom stereocenters. The van der Waals surface area contributed by atoms with E-state index in [1.54, 1.807) is 42.5 Å². The number of carbonyl (C=O) groups is 2. The molecule has 0 fully saturated rings. The lowest BCUT2D eigenvalue weighted by molar-refractivity contribution is -0.140. The van der Waals surface area contributed by atoms with Gasteiger partial charge in [-0.1, -0.05) is 89.9 Å². The van der Waals surface area contributed by atoms with E-state index in [2.05, 4.69) is 43.8 Å². The first kappa shape index (κ1) is 33.7. The summed E-state index contributed by atoms with van der Waals surface area (Å²) in [6.45, 7) is 2.15. The topological polar surface area (TPSA) is 86.8 Å². The highest BCUT2D eigenvalue weighted by Crippen LogP contribution is 2.26. The number of sulfonamides is 1. The van der Waals surface area contributed by atoms with Crippen LogP contribution in [0.1, 0.15) is 30.9 Å². The minimum absolute atomic E-state index is 0.0723. The van der Waals surface area contributed by atoms with Gasteiger partial charge in [-0.25, -0.2) is 8.42 Å². The molecule has 1 N–H and O–H groups in total. The average Bonchev–Trinajstić information content (AvgIpc) is 3.03. The summed E-state index contributed by atoms with van der Waals surface area (Å²) in [5.41, 5.74) is 2.05. The molecular weight excluding hydrogens is 753 g/mol. The van der Waals surface area contributed by atoms with E-state index in [0.717, 1.165) is 36.3 Å². The summed E-state index contributed by atoms with van der Waals surface area (Å²) in [7, 11) is -4.12. The summed E-state index contributed by atoms with van der Waals surface area (Å²) >= 11 is 5.66. The number of carbonyl (C=O) groups excluding carboxylic acids is 2. The van der Waals surface area contributed by atoms with Crippen LogP contribution in [0.2, 0.25) is 0 Å². The maximum absolute atomic E-state index is 14.5. The standard InChI is InChI=1S/C34H35BrIN3O4S/c1-2-3-21-37-34(41)32(23-26-11-6-4-7-12-26)38(24-27-13-10-14-28(35)22-27)33(40)25-39(30-19-17-29(36)18-20-30)44(42,43)31-15-8-5-9-16-31/h4-20,22,32H,2-3,21,23-25H2,1H3,(H,37,41)/t32-/m0/s1. The average molecular weight is 789 g/mol. The number of hydrogen-bond acceptors (Lipinski definition) is 4. The molecule has 0 spiro atoms. The number of anilines is 1. The molecular formula is C34H35BrIN3O4S. The molecule has 0 aromatic heterocycles. The monoisotopic (exact) mass is 787 g/mol. The van der Waals surface area contributed by atoms with Crippen molar-refractivity contribution in [2.75, 3.05) is 17.4 Å². The van der Waals surface area contributed by atoms with E-state index in [9.17, 15) is 18.0 Å². The summed E-state index contributed by atoms with van der Waals surface area (Å²) < 4.78 is 30.9. The summed E-state index contributed by atoms with van der Waals surface area (Å²) in [6, 6.07) is 31.2. The molecule has 4 aromatic rings. The molecule has 0 saturated carbocycles. The fourth-order valence-corrected chi connectivity index (χ4v) is 6.99. The number of nitrogens with zero attached hydrogens (tertiary/aromatic N) is 2. The molecule has 7 nitrogen and oxygen atoms in total. The SMILES string of the molecule is CCCCNC(=O)[C@H](Cc1ccccc1)N(Cc1cccc(Br)c1)C(=O)CN(c1ccc(I)cc1)S(=O)(=O)c1ccccc1. The second-order valence-corrected chi connectivity index (χ2v) is 14.3. The number of amides is 2. The highest BCUT2D eigenvalue weighted by molar-refractivity contribution is 14.1. The van der Waals surface area contributed by atoms with Crippen LogP contribution < -0.4 is 9.62 Å². The molecule has 0 aliphatic rings. The Kier molecular flexibility index (Phi) is 12.4. The number of unbranched alkanes of at least 4 members (excludes halogenated alkanes) is 1. The van der Waals surface area contributed by atoms with Crippen molar-refractivity contribution < 1.29 is 18.0 Å². The molecule has 44 heavy (non-hydrogen) atoms. The van der Waals surface area contributed by atoms with Gasteiger partial charge in [0.05, 0.1) is 10.6 Å². The fourth-order valence-electron chi connectivity index (χ4n) is 4.75. The first-order valence-electron chi connectivity index (χ1n) is 14.4. The summed E-state index contributed by atoms with van der Waals surface area (Å²) in [5, 5.41) is 3.01. The van der Waals surface area contributed by atoms with Gasteiger partial charge in [-0.3, -0.25) is 13.9 Å². The predicted octanol–water partition coefficient (Wildman–Crippen LogP) is 6.81. The zero-order chi connectivity index (χ0) is 31.5. The molecule has 0 aliphatic carbocycles. The third kappa shape index (κ3) is 9.15. The maximum Gasteiger partial charge on any atom is 0.264 e. The third-order valence-corrected chi connectivity index (χ3v) is 10.1. The van der Waals surface area contributed by atoms with Gasteiger partial charge in [-0.05, 0) is 88.7 Å². The molecule has 0 radical (unpaired) electrons. The maximum atomic E-state index is 14.5. The van der Waals surface area contributed by atoms with Crippen molar-refractivity contribution in [3.8, 4) is 0 Å². The first-order chi connectivity index (χ1) is 21.2. The Morgan fingerprint density at radius 1 is 0.864 bits per heavy atom. The largest absolute Gasteiger partial charge is 0.354 e. The predicted molar refractivity (Wildman–Crippen MR) is 187 cm³/mol. The Morgan fingerprint density at radius 2 is 1.50 bits per heavy atom. The highest BCUT2D eigenvalue weighted by atomic mass is 127. The van der Waals surface area contributed by atoms with E-state index in [1.165, 1.54) is 17.0 Å². The third-order valence-electron chi connectivity index (χ3n) is 7.07. The van der Waals surface area contributed by atoms with E-state index < -0.39 is 28.5 Å². The summed E-state index contributed by atoms with van der Waals surface area (Å²) in [5.74, 6) is -0.771. The van der Waals surface area contributed by atoms with Crippen LogP contribution in [0, 0.1) is 3.57 Å². The van der Waals surface area contributed by atoms with Crippen molar-refractivity contribution in [2.24, 2.45) is 0 Å². The van der Waals surface area contributed by atoms with Crippen LogP contribution in [0.15, 0.2) is 119 Å². The molecule has 10 heteroatoms. The number of nitrogens with one attached hydrogen (secondary N) is 1. The fraction of sp³-hybridized carbons (Fsp3) is 0.235. The number of halogens is 2. The van der Waals surface area contributed by atoms with Crippen LogP contribution in [0.5, 0.6) is 0 Å². The lowest BCUT2D eigenvalue weighted by Gasteiger charge is -2.34. The van der Waals surface area contributed by atoms with Crippen molar-refractivity contribution in [3.63, 3.8) is 0 Å². The van der Waals surface area contributed by atoms with E-state index in [4.69, 9.17) is 0 Å². The molecule has 4 aromatic carbocycles. The van der Waals surface area contributed by atoms with Gasteiger partial charge in [-0.15, -0.1) is 0 Å². The molecule has 230 valence electrons. The van der Waals surface area contributed by atoms with E-state index in [1.807, 2.05) is 61.5 Å². The van der Waals surface area contributed by atoms with Gasteiger partial charge in [0.15, 0.2) is 0 Å². The zero-order valence-electron chi connectivity index (χ0n) is 24.4. The van der Waals surface area contributed by atoms with Gasteiger partial charge in [0.1, 0.15) is 12.6 Å². The number of rotatable bonds is 14. The van der Waals surface area contributed by atoms with Crippen LogP contribution in [0.25, 0.3) is 0 Å². The first-order valence-corrected chi connectivity index (χ1v) is 17.7. The molecule has 0 heterocycles. The Bertz CT molecular complexity index is 1640. The normalized spacial score (nSPS) is 11.9. The molecule has 0 bridgehead atoms. The van der Waals surface area contributed by atoms with Gasteiger partial charge >= 0.3 is 0 Å². The molecule has 2 amide bonds. The summed E-state index contributed by atoms with van der Waals surface area (Å²) in [6.07, 6.45) is 1.99. The van der Waals surface area contributed by atoms with Crippen molar-refractivity contribution in [3.05, 3.63) is 128 Å². The Hall–Kier alpha value is -3.22. The minimum Gasteiger partial charge on any atom is -0.354 e. The molecule has 0 aliphatic heterocycles. The van der Waals surface area contributed by atoms with Gasteiger partial charge < -0.3 is 10.2 Å². The molecule has 4 rings (SSSR count). The van der Waals surface area contributed by atoms with Crippen LogP contribution in [-0.2, 0) is 32.6 Å². The summed E-state index contributed by atoms with van der Waals surface area (Å²) in [4.78, 5) is 29.8. The van der Waals surface area contributed by atoms with Gasteiger partial charge in [0.25, 0.3) is 10.0 Å². The molecule has 0 saturated heterocycles. The Morgan fingerprint density at radius 3 is 2.14 bits per heavy atom. The zero-order valence-corrected chi connectivity index (χ0v) is 29.0. The van der Waals surface area contributed by atoms with Crippen LogP contribution in [-0.4, -0.2) is 44.3 Å². The van der Waals surface area contributed by atoms with Gasteiger partial charge in [0, 0.05) is 27.6 Å². The number of hydrogen-bond donors (Lipinski definition) is 1. The van der Waals surface area contributed by atoms with Gasteiger partial charge in [-0.2, -0.15) is 0 Å². The lowest BCUT2D eigenvalue weighted by atomic mass is 10.0. The van der Waals surface area contributed by atoms with E-state index in [-0.39, 0.29) is 23.8 Å².